The summed E-state index contributed by atoms with van der Waals surface area (Å²) in [6.07, 6.45) is 0. The number of hydrogen-bond acceptors (Lipinski definition) is 3. The average molecular weight is 271 g/mol. The second kappa shape index (κ2) is 7.43. The number of ether oxygens (including phenoxy) is 2. The number of rotatable bonds is 7. The van der Waals surface area contributed by atoms with Gasteiger partial charge < -0.3 is 14.8 Å². The van der Waals surface area contributed by atoms with Crippen molar-refractivity contribution in [2.75, 3.05) is 25.1 Å². The van der Waals surface area contributed by atoms with Crippen LogP contribution in [0.4, 0.5) is 5.69 Å². The molecule has 3 heteroatoms. The molecule has 2 aromatic rings. The zero-order valence-corrected chi connectivity index (χ0v) is 12.1. The van der Waals surface area contributed by atoms with Crippen molar-refractivity contribution in [3.8, 4) is 11.5 Å². The van der Waals surface area contributed by atoms with Gasteiger partial charge in [-0.3, -0.25) is 0 Å². The van der Waals surface area contributed by atoms with E-state index in [2.05, 4.69) is 5.32 Å². The molecule has 0 aromatic heterocycles. The van der Waals surface area contributed by atoms with Crippen molar-refractivity contribution in [2.45, 2.75) is 13.8 Å². The number of benzene rings is 2. The summed E-state index contributed by atoms with van der Waals surface area (Å²) in [6, 6.07) is 16.0. The van der Waals surface area contributed by atoms with Gasteiger partial charge in [0, 0.05) is 18.3 Å². The van der Waals surface area contributed by atoms with E-state index in [4.69, 9.17) is 9.47 Å². The highest BCUT2D eigenvalue weighted by atomic mass is 16.5. The molecule has 0 aliphatic heterocycles. The third-order valence-corrected chi connectivity index (χ3v) is 2.93. The molecule has 0 unspecified atom stereocenters. The molecule has 106 valence electrons. The van der Waals surface area contributed by atoms with Crippen LogP contribution in [0.5, 0.6) is 11.5 Å². The molecule has 0 amide bonds. The molecular formula is C17H21NO2. The maximum atomic E-state index is 5.74. The molecule has 0 bridgehead atoms. The van der Waals surface area contributed by atoms with Crippen LogP contribution in [0.1, 0.15) is 12.5 Å². The van der Waals surface area contributed by atoms with Gasteiger partial charge in [-0.1, -0.05) is 24.3 Å². The van der Waals surface area contributed by atoms with E-state index in [1.54, 1.807) is 0 Å². The lowest BCUT2D eigenvalue weighted by atomic mass is 10.2. The largest absolute Gasteiger partial charge is 0.494 e. The Morgan fingerprint density at radius 2 is 1.85 bits per heavy atom. The molecule has 0 aliphatic rings. The van der Waals surface area contributed by atoms with Crippen LogP contribution < -0.4 is 14.8 Å². The summed E-state index contributed by atoms with van der Waals surface area (Å²) in [6.45, 7) is 6.10. The van der Waals surface area contributed by atoms with E-state index in [1.807, 2.05) is 62.4 Å². The molecule has 2 rings (SSSR count). The Morgan fingerprint density at radius 3 is 2.65 bits per heavy atom. The van der Waals surface area contributed by atoms with E-state index in [1.165, 1.54) is 0 Å². The maximum Gasteiger partial charge on any atom is 0.122 e. The highest BCUT2D eigenvalue weighted by molar-refractivity contribution is 5.48. The van der Waals surface area contributed by atoms with Crippen LogP contribution in [-0.2, 0) is 0 Å². The van der Waals surface area contributed by atoms with Crippen LogP contribution in [-0.4, -0.2) is 19.8 Å². The maximum absolute atomic E-state index is 5.74. The minimum atomic E-state index is 0.629. The Hall–Kier alpha value is -2.16. The van der Waals surface area contributed by atoms with Gasteiger partial charge in [-0.15, -0.1) is 0 Å². The summed E-state index contributed by atoms with van der Waals surface area (Å²) >= 11 is 0. The first kappa shape index (κ1) is 14.3. The molecule has 1 N–H and O–H groups in total. The van der Waals surface area contributed by atoms with Gasteiger partial charge in [0.05, 0.1) is 6.61 Å². The fourth-order valence-electron chi connectivity index (χ4n) is 1.94. The zero-order chi connectivity index (χ0) is 14.2. The van der Waals surface area contributed by atoms with Crippen molar-refractivity contribution in [3.05, 3.63) is 54.1 Å². The molecule has 0 fully saturated rings. The van der Waals surface area contributed by atoms with Crippen molar-refractivity contribution >= 4 is 5.69 Å². The third-order valence-electron chi connectivity index (χ3n) is 2.93. The summed E-state index contributed by atoms with van der Waals surface area (Å²) in [7, 11) is 0. The summed E-state index contributed by atoms with van der Waals surface area (Å²) in [4.78, 5) is 0. The lowest BCUT2D eigenvalue weighted by Gasteiger charge is -2.11. The van der Waals surface area contributed by atoms with E-state index >= 15 is 0 Å². The molecule has 0 aliphatic carbocycles. The number of hydrogen-bond donors (Lipinski definition) is 1. The molecule has 2 aromatic carbocycles. The van der Waals surface area contributed by atoms with Crippen LogP contribution in [0.3, 0.4) is 0 Å². The number of aryl methyl sites for hydroxylation is 1. The number of nitrogens with one attached hydrogen (secondary N) is 1. The molecule has 0 saturated heterocycles. The summed E-state index contributed by atoms with van der Waals surface area (Å²) < 4.78 is 11.2. The van der Waals surface area contributed by atoms with Gasteiger partial charge >= 0.3 is 0 Å². The van der Waals surface area contributed by atoms with Crippen molar-refractivity contribution in [3.63, 3.8) is 0 Å². The van der Waals surface area contributed by atoms with E-state index in [9.17, 15) is 0 Å². The summed E-state index contributed by atoms with van der Waals surface area (Å²) in [5.41, 5.74) is 2.20. The van der Waals surface area contributed by atoms with Crippen LogP contribution in [0.15, 0.2) is 48.5 Å². The second-order valence-corrected chi connectivity index (χ2v) is 4.50. The molecule has 20 heavy (non-hydrogen) atoms. The average Bonchev–Trinajstić information content (AvgIpc) is 2.46. The Balaban J connectivity index is 1.78. The Kier molecular flexibility index (Phi) is 5.30. The molecule has 0 heterocycles. The highest BCUT2D eigenvalue weighted by Crippen LogP contribution is 2.18. The zero-order valence-electron chi connectivity index (χ0n) is 12.1. The predicted molar refractivity (Wildman–Crippen MR) is 82.8 cm³/mol. The van der Waals surface area contributed by atoms with Gasteiger partial charge in [0.2, 0.25) is 0 Å². The van der Waals surface area contributed by atoms with Gasteiger partial charge in [0.1, 0.15) is 18.1 Å². The minimum Gasteiger partial charge on any atom is -0.494 e. The lowest BCUT2D eigenvalue weighted by molar-refractivity contribution is 0.330. The highest BCUT2D eigenvalue weighted by Gasteiger charge is 1.98. The predicted octanol–water partition coefficient (Wildman–Crippen LogP) is 3.88. The van der Waals surface area contributed by atoms with Crippen LogP contribution >= 0.6 is 0 Å². The summed E-state index contributed by atoms with van der Waals surface area (Å²) in [5.74, 6) is 1.83. The molecular weight excluding hydrogens is 250 g/mol. The van der Waals surface area contributed by atoms with Gasteiger partial charge in [-0.2, -0.15) is 0 Å². The molecule has 0 spiro atoms. The molecule has 0 atom stereocenters. The molecule has 3 nitrogen and oxygen atoms in total. The SMILES string of the molecule is CCOc1cccc(NCCOc2ccccc2C)c1. The lowest BCUT2D eigenvalue weighted by Crippen LogP contribution is -2.11. The first-order valence-corrected chi connectivity index (χ1v) is 6.94. The van der Waals surface area contributed by atoms with Gasteiger partial charge in [0.25, 0.3) is 0 Å². The minimum absolute atomic E-state index is 0.629. The second-order valence-electron chi connectivity index (χ2n) is 4.50. The fourth-order valence-corrected chi connectivity index (χ4v) is 1.94. The number of para-hydroxylation sites is 1. The van der Waals surface area contributed by atoms with Crippen LogP contribution in [0, 0.1) is 6.92 Å². The number of anilines is 1. The molecule has 0 saturated carbocycles. The van der Waals surface area contributed by atoms with E-state index in [0.717, 1.165) is 29.3 Å². The smallest absolute Gasteiger partial charge is 0.122 e. The van der Waals surface area contributed by atoms with E-state index in [-0.39, 0.29) is 0 Å². The van der Waals surface area contributed by atoms with Crippen molar-refractivity contribution < 1.29 is 9.47 Å². The first-order valence-electron chi connectivity index (χ1n) is 6.94. The van der Waals surface area contributed by atoms with E-state index < -0.39 is 0 Å². The quantitative estimate of drug-likeness (QED) is 0.775. The normalized spacial score (nSPS) is 10.1. The summed E-state index contributed by atoms with van der Waals surface area (Å²) in [5, 5.41) is 3.33. The monoisotopic (exact) mass is 271 g/mol. The topological polar surface area (TPSA) is 30.5 Å². The van der Waals surface area contributed by atoms with Crippen molar-refractivity contribution in [1.82, 2.24) is 0 Å². The Labute approximate surface area is 120 Å². The van der Waals surface area contributed by atoms with Gasteiger partial charge in [-0.25, -0.2) is 0 Å². The fraction of sp³-hybridized carbons (Fsp3) is 0.294. The third kappa shape index (κ3) is 4.19. The van der Waals surface area contributed by atoms with Gasteiger partial charge in [-0.05, 0) is 37.6 Å². The van der Waals surface area contributed by atoms with Crippen LogP contribution in [0.2, 0.25) is 0 Å². The standard InChI is InChI=1S/C17H21NO2/c1-3-19-16-9-6-8-15(13-16)18-11-12-20-17-10-5-4-7-14(17)2/h4-10,13,18H,3,11-12H2,1-2H3. The van der Waals surface area contributed by atoms with Crippen LogP contribution in [0.25, 0.3) is 0 Å². The van der Waals surface area contributed by atoms with Crippen molar-refractivity contribution in [1.29, 1.82) is 0 Å². The molecule has 0 radical (unpaired) electrons. The van der Waals surface area contributed by atoms with Crippen molar-refractivity contribution in [2.24, 2.45) is 0 Å². The van der Waals surface area contributed by atoms with E-state index in [0.29, 0.717) is 13.2 Å². The Bertz CT molecular complexity index is 540. The Morgan fingerprint density at radius 1 is 1.00 bits per heavy atom. The van der Waals surface area contributed by atoms with Gasteiger partial charge in [0.15, 0.2) is 0 Å². The first-order chi connectivity index (χ1) is 9.79.